The fourth-order valence-corrected chi connectivity index (χ4v) is 2.42. The Balaban J connectivity index is 1.99. The number of nitrogens with zero attached hydrogens (tertiary/aromatic N) is 5. The van der Waals surface area contributed by atoms with Gasteiger partial charge in [0.1, 0.15) is 12.6 Å². The number of hydrogen-bond acceptors (Lipinski definition) is 8. The molecule has 0 radical (unpaired) electrons. The van der Waals surface area contributed by atoms with E-state index in [9.17, 15) is 4.79 Å². The number of rotatable bonds is 5. The van der Waals surface area contributed by atoms with Crippen LogP contribution in [0.5, 0.6) is 0 Å². The predicted molar refractivity (Wildman–Crippen MR) is 79.4 cm³/mol. The molecule has 0 saturated heterocycles. The number of ether oxygens (including phenoxy) is 2. The van der Waals surface area contributed by atoms with Gasteiger partial charge >= 0.3 is 5.97 Å². The molecule has 1 atom stereocenters. The van der Waals surface area contributed by atoms with Gasteiger partial charge in [-0.3, -0.25) is 4.98 Å². The first-order valence-electron chi connectivity index (χ1n) is 7.04. The summed E-state index contributed by atoms with van der Waals surface area (Å²) in [7, 11) is 1.55. The third-order valence-electron chi connectivity index (χ3n) is 3.45. The molecule has 0 aliphatic carbocycles. The van der Waals surface area contributed by atoms with Crippen molar-refractivity contribution in [3.05, 3.63) is 41.4 Å². The second kappa shape index (κ2) is 6.53. The maximum atomic E-state index is 12.5. The highest BCUT2D eigenvalue weighted by molar-refractivity contribution is 5.92. The van der Waals surface area contributed by atoms with Crippen molar-refractivity contribution in [1.82, 2.24) is 25.2 Å². The first-order chi connectivity index (χ1) is 11.2. The number of allylic oxidation sites excluding steroid dienone is 1. The Kier molecular flexibility index (Phi) is 4.29. The zero-order valence-corrected chi connectivity index (χ0v) is 12.8. The lowest BCUT2D eigenvalue weighted by Crippen LogP contribution is -2.30. The highest BCUT2D eigenvalue weighted by Crippen LogP contribution is 2.34. The number of methoxy groups -OCH3 is 1. The zero-order chi connectivity index (χ0) is 16.2. The van der Waals surface area contributed by atoms with Gasteiger partial charge in [-0.15, -0.1) is 0 Å². The minimum Gasteiger partial charge on any atom is -0.460 e. The molecule has 0 bridgehead atoms. The number of esters is 1. The van der Waals surface area contributed by atoms with Crippen molar-refractivity contribution in [2.24, 2.45) is 0 Å². The number of nitrogens with one attached hydrogen (secondary N) is 1. The Morgan fingerprint density at radius 2 is 2.30 bits per heavy atom. The van der Waals surface area contributed by atoms with Crippen molar-refractivity contribution in [2.75, 3.05) is 25.6 Å². The number of aromatic nitrogens is 5. The first kappa shape index (κ1) is 15.1. The molecule has 120 valence electrons. The largest absolute Gasteiger partial charge is 0.460 e. The Hall–Kier alpha value is -2.81. The summed E-state index contributed by atoms with van der Waals surface area (Å²) >= 11 is 0. The van der Waals surface area contributed by atoms with Crippen LogP contribution in [0.15, 0.2) is 35.8 Å². The Morgan fingerprint density at radius 1 is 1.43 bits per heavy atom. The van der Waals surface area contributed by atoms with Gasteiger partial charge in [-0.2, -0.15) is 4.68 Å². The van der Waals surface area contributed by atoms with Crippen molar-refractivity contribution in [1.29, 1.82) is 0 Å². The number of carbonyl (C=O) groups excluding carboxylic acids is 1. The van der Waals surface area contributed by atoms with Gasteiger partial charge in [0.2, 0.25) is 5.95 Å². The minimum atomic E-state index is -0.495. The summed E-state index contributed by atoms with van der Waals surface area (Å²) in [4.78, 5) is 16.6. The lowest BCUT2D eigenvalue weighted by atomic mass is 9.97. The quantitative estimate of drug-likeness (QED) is 0.630. The van der Waals surface area contributed by atoms with Crippen LogP contribution in [-0.4, -0.2) is 51.5 Å². The van der Waals surface area contributed by atoms with Crippen LogP contribution in [-0.2, 0) is 14.3 Å². The zero-order valence-electron chi connectivity index (χ0n) is 12.8. The monoisotopic (exact) mass is 316 g/mol. The standard InChI is InChI=1S/C14H16N6O3/c1-9-11(13(21)23-7-6-22-2)12(10-4-3-5-15-8-10)20-14(16-9)17-18-19-20/h3-5,8,12H,6-7H2,1-2H3,(H,16,17,19)/t12-/m1/s1. The maximum absolute atomic E-state index is 12.5. The highest BCUT2D eigenvalue weighted by Gasteiger charge is 2.34. The fraction of sp³-hybridized carbons (Fsp3) is 0.357. The SMILES string of the molecule is COCCOC(=O)C1=C(C)Nc2nnnn2[C@@H]1c1cccnc1. The Labute approximate surface area is 132 Å². The number of pyridine rings is 1. The topological polar surface area (TPSA) is 104 Å². The molecular weight excluding hydrogens is 300 g/mol. The molecule has 2 aromatic heterocycles. The molecule has 0 spiro atoms. The number of hydrogen-bond donors (Lipinski definition) is 1. The van der Waals surface area contributed by atoms with Crippen LogP contribution in [0.4, 0.5) is 5.95 Å². The van der Waals surface area contributed by atoms with Crippen molar-refractivity contribution >= 4 is 11.9 Å². The molecule has 3 heterocycles. The Morgan fingerprint density at radius 3 is 3.04 bits per heavy atom. The van der Waals surface area contributed by atoms with E-state index in [0.717, 1.165) is 5.56 Å². The summed E-state index contributed by atoms with van der Waals surface area (Å²) in [5.41, 5.74) is 1.87. The number of fused-ring (bicyclic) bond motifs is 1. The molecule has 2 aromatic rings. The summed E-state index contributed by atoms with van der Waals surface area (Å²) in [5, 5.41) is 14.6. The average Bonchev–Trinajstić information content (AvgIpc) is 3.02. The summed E-state index contributed by atoms with van der Waals surface area (Å²) in [6.07, 6.45) is 3.34. The van der Waals surface area contributed by atoms with Gasteiger partial charge in [0.25, 0.3) is 0 Å². The lowest BCUT2D eigenvalue weighted by Gasteiger charge is -2.27. The highest BCUT2D eigenvalue weighted by atomic mass is 16.6. The Bertz CT molecular complexity index is 727. The van der Waals surface area contributed by atoms with Gasteiger partial charge in [-0.1, -0.05) is 11.2 Å². The van der Waals surface area contributed by atoms with Crippen molar-refractivity contribution in [2.45, 2.75) is 13.0 Å². The molecule has 0 aromatic carbocycles. The third kappa shape index (κ3) is 2.90. The molecule has 0 unspecified atom stereocenters. The van der Waals surface area contributed by atoms with E-state index in [2.05, 4.69) is 25.8 Å². The summed E-state index contributed by atoms with van der Waals surface area (Å²) < 4.78 is 11.7. The first-order valence-corrected chi connectivity index (χ1v) is 7.04. The molecule has 1 N–H and O–H groups in total. The smallest absolute Gasteiger partial charge is 0.338 e. The molecule has 9 nitrogen and oxygen atoms in total. The fourth-order valence-electron chi connectivity index (χ4n) is 2.42. The second-order valence-electron chi connectivity index (χ2n) is 4.93. The molecule has 23 heavy (non-hydrogen) atoms. The van der Waals surface area contributed by atoms with Crippen LogP contribution in [0.25, 0.3) is 0 Å². The van der Waals surface area contributed by atoms with E-state index in [-0.39, 0.29) is 6.61 Å². The maximum Gasteiger partial charge on any atom is 0.338 e. The second-order valence-corrected chi connectivity index (χ2v) is 4.93. The summed E-state index contributed by atoms with van der Waals surface area (Å²) in [6.45, 7) is 2.29. The van der Waals surface area contributed by atoms with E-state index in [1.54, 1.807) is 32.5 Å². The van der Waals surface area contributed by atoms with Crippen LogP contribution in [0, 0.1) is 0 Å². The van der Waals surface area contributed by atoms with Gasteiger partial charge in [-0.25, -0.2) is 4.79 Å². The van der Waals surface area contributed by atoms with E-state index in [0.29, 0.717) is 23.8 Å². The molecule has 0 amide bonds. The van der Waals surface area contributed by atoms with E-state index in [1.165, 1.54) is 4.68 Å². The molecule has 0 fully saturated rings. The number of carbonyl (C=O) groups is 1. The molecule has 1 aliphatic rings. The van der Waals surface area contributed by atoms with Crippen molar-refractivity contribution in [3.8, 4) is 0 Å². The van der Waals surface area contributed by atoms with Gasteiger partial charge in [0.15, 0.2) is 0 Å². The van der Waals surface area contributed by atoms with Crippen LogP contribution in [0.1, 0.15) is 18.5 Å². The van der Waals surface area contributed by atoms with Crippen LogP contribution in [0.2, 0.25) is 0 Å². The summed E-state index contributed by atoms with van der Waals surface area (Å²) in [5.74, 6) is 0.0202. The van der Waals surface area contributed by atoms with Crippen LogP contribution >= 0.6 is 0 Å². The molecule has 9 heteroatoms. The van der Waals surface area contributed by atoms with E-state index in [1.807, 2.05) is 6.07 Å². The van der Waals surface area contributed by atoms with Gasteiger partial charge in [-0.05, 0) is 29.0 Å². The van der Waals surface area contributed by atoms with Crippen LogP contribution < -0.4 is 5.32 Å². The van der Waals surface area contributed by atoms with Gasteiger partial charge < -0.3 is 14.8 Å². The normalized spacial score (nSPS) is 16.7. The minimum absolute atomic E-state index is 0.175. The van der Waals surface area contributed by atoms with Crippen molar-refractivity contribution < 1.29 is 14.3 Å². The number of anilines is 1. The van der Waals surface area contributed by atoms with E-state index < -0.39 is 12.0 Å². The molecule has 3 rings (SSSR count). The average molecular weight is 316 g/mol. The van der Waals surface area contributed by atoms with Gasteiger partial charge in [0.05, 0.1) is 12.2 Å². The van der Waals surface area contributed by atoms with E-state index in [4.69, 9.17) is 9.47 Å². The van der Waals surface area contributed by atoms with Crippen molar-refractivity contribution in [3.63, 3.8) is 0 Å². The molecule has 1 aliphatic heterocycles. The number of tetrazole rings is 1. The van der Waals surface area contributed by atoms with Crippen LogP contribution in [0.3, 0.4) is 0 Å². The predicted octanol–water partition coefficient (Wildman–Crippen LogP) is 0.547. The van der Waals surface area contributed by atoms with Gasteiger partial charge in [0, 0.05) is 25.2 Å². The molecular formula is C14H16N6O3. The lowest BCUT2D eigenvalue weighted by molar-refractivity contribution is -0.140. The van der Waals surface area contributed by atoms with E-state index >= 15 is 0 Å². The molecule has 0 saturated carbocycles. The summed E-state index contributed by atoms with van der Waals surface area (Å²) in [6, 6.07) is 3.17. The third-order valence-corrected chi connectivity index (χ3v) is 3.45.